The molecule has 1 fully saturated rings. The second-order valence-electron chi connectivity index (χ2n) is 6.69. The highest BCUT2D eigenvalue weighted by molar-refractivity contribution is 5.82. The van der Waals surface area contributed by atoms with Crippen LogP contribution in [-0.4, -0.2) is 30.5 Å². The largest absolute Gasteiger partial charge is 0.484 e. The van der Waals surface area contributed by atoms with Gasteiger partial charge in [0.2, 0.25) is 0 Å². The lowest BCUT2D eigenvalue weighted by Gasteiger charge is -2.31. The molecule has 0 unspecified atom stereocenters. The monoisotopic (exact) mass is 343 g/mol. The molecule has 3 rings (SSSR count). The fraction of sp³-hybridized carbons (Fsp3) is 0.500. The Morgan fingerprint density at radius 1 is 1.24 bits per heavy atom. The van der Waals surface area contributed by atoms with Gasteiger partial charge in [0.05, 0.1) is 0 Å². The average molecular weight is 343 g/mol. The van der Waals surface area contributed by atoms with Crippen molar-refractivity contribution in [2.75, 3.05) is 13.7 Å². The molecule has 0 saturated heterocycles. The van der Waals surface area contributed by atoms with E-state index < -0.39 is 0 Å². The molecule has 0 atom stereocenters. The number of aryl methyl sites for hydroxylation is 1. The zero-order chi connectivity index (χ0) is 17.8. The van der Waals surface area contributed by atoms with Crippen molar-refractivity contribution in [2.24, 2.45) is 0 Å². The number of hydrogen-bond donors (Lipinski definition) is 0. The van der Waals surface area contributed by atoms with Gasteiger partial charge in [-0.15, -0.1) is 0 Å². The van der Waals surface area contributed by atoms with Crippen LogP contribution in [0.1, 0.15) is 44.6 Å². The molecule has 1 amide bonds. The summed E-state index contributed by atoms with van der Waals surface area (Å²) in [4.78, 5) is 25.8. The maximum absolute atomic E-state index is 12.4. The standard InChI is InChI=1S/C20H25NO4/c1-3-14-11-20(23)25-18-12-16(9-10-17(14)18)24-13-19(22)21(2)15-7-5-4-6-8-15/h9-12,15H,3-8,13H2,1-2H3. The van der Waals surface area contributed by atoms with Crippen molar-refractivity contribution >= 4 is 16.9 Å². The summed E-state index contributed by atoms with van der Waals surface area (Å²) in [5, 5.41) is 0.903. The van der Waals surface area contributed by atoms with Gasteiger partial charge in [0.25, 0.3) is 5.91 Å². The van der Waals surface area contributed by atoms with Gasteiger partial charge in [0, 0.05) is 30.6 Å². The van der Waals surface area contributed by atoms with Gasteiger partial charge >= 0.3 is 5.63 Å². The smallest absolute Gasteiger partial charge is 0.336 e. The van der Waals surface area contributed by atoms with E-state index in [0.29, 0.717) is 17.4 Å². The molecule has 1 aromatic carbocycles. The normalized spacial score (nSPS) is 15.3. The molecule has 2 aromatic rings. The number of amides is 1. The van der Waals surface area contributed by atoms with E-state index in [4.69, 9.17) is 9.15 Å². The van der Waals surface area contributed by atoms with Gasteiger partial charge in [0.15, 0.2) is 6.61 Å². The molecule has 5 heteroatoms. The lowest BCUT2D eigenvalue weighted by atomic mass is 9.94. The van der Waals surface area contributed by atoms with Crippen molar-refractivity contribution in [3.05, 3.63) is 40.2 Å². The first-order chi connectivity index (χ1) is 12.1. The van der Waals surface area contributed by atoms with Gasteiger partial charge < -0.3 is 14.1 Å². The fourth-order valence-corrected chi connectivity index (χ4v) is 3.51. The van der Waals surface area contributed by atoms with Gasteiger partial charge in [-0.3, -0.25) is 4.79 Å². The predicted octanol–water partition coefficient (Wildman–Crippen LogP) is 3.53. The number of ether oxygens (including phenoxy) is 1. The fourth-order valence-electron chi connectivity index (χ4n) is 3.51. The first kappa shape index (κ1) is 17.5. The van der Waals surface area contributed by atoms with Crippen LogP contribution in [0.5, 0.6) is 5.75 Å². The van der Waals surface area contributed by atoms with Crippen LogP contribution in [-0.2, 0) is 11.2 Å². The van der Waals surface area contributed by atoms with Crippen LogP contribution in [0.2, 0.25) is 0 Å². The highest BCUT2D eigenvalue weighted by Gasteiger charge is 2.22. The molecular weight excluding hydrogens is 318 g/mol. The van der Waals surface area contributed by atoms with Crippen molar-refractivity contribution in [1.82, 2.24) is 4.90 Å². The van der Waals surface area contributed by atoms with Gasteiger partial charge in [-0.1, -0.05) is 26.2 Å². The molecule has 134 valence electrons. The minimum Gasteiger partial charge on any atom is -0.484 e. The number of rotatable bonds is 5. The molecule has 25 heavy (non-hydrogen) atoms. The maximum atomic E-state index is 12.4. The second kappa shape index (κ2) is 7.72. The molecule has 0 bridgehead atoms. The molecule has 1 aliphatic rings. The van der Waals surface area contributed by atoms with E-state index in [1.807, 2.05) is 31.0 Å². The number of carbonyl (C=O) groups is 1. The molecule has 0 spiro atoms. The minimum absolute atomic E-state index is 0.00376. The molecule has 0 radical (unpaired) electrons. The molecular formula is C20H25NO4. The highest BCUT2D eigenvalue weighted by atomic mass is 16.5. The van der Waals surface area contributed by atoms with Crippen LogP contribution >= 0.6 is 0 Å². The molecule has 0 aliphatic heterocycles. The van der Waals surface area contributed by atoms with Crippen LogP contribution in [0, 0.1) is 0 Å². The Labute approximate surface area is 147 Å². The third-order valence-electron chi connectivity index (χ3n) is 5.06. The lowest BCUT2D eigenvalue weighted by molar-refractivity contribution is -0.134. The molecule has 1 heterocycles. The van der Waals surface area contributed by atoms with Crippen LogP contribution < -0.4 is 10.4 Å². The van der Waals surface area contributed by atoms with E-state index in [1.54, 1.807) is 6.07 Å². The van der Waals surface area contributed by atoms with Gasteiger partial charge in [-0.05, 0) is 37.0 Å². The summed E-state index contributed by atoms with van der Waals surface area (Å²) in [5.41, 5.74) is 1.08. The number of benzene rings is 1. The Morgan fingerprint density at radius 2 is 2.00 bits per heavy atom. The number of nitrogens with zero attached hydrogens (tertiary/aromatic N) is 1. The summed E-state index contributed by atoms with van der Waals surface area (Å²) in [7, 11) is 1.86. The van der Waals surface area contributed by atoms with E-state index in [2.05, 4.69) is 0 Å². The maximum Gasteiger partial charge on any atom is 0.336 e. The first-order valence-electron chi connectivity index (χ1n) is 9.03. The van der Waals surface area contributed by atoms with Crippen molar-refractivity contribution in [2.45, 2.75) is 51.5 Å². The summed E-state index contributed by atoms with van der Waals surface area (Å²) in [6.07, 6.45) is 6.54. The number of fused-ring (bicyclic) bond motifs is 1. The first-order valence-corrected chi connectivity index (χ1v) is 9.03. The van der Waals surface area contributed by atoms with Crippen LogP contribution in [0.15, 0.2) is 33.5 Å². The van der Waals surface area contributed by atoms with Gasteiger partial charge in [0.1, 0.15) is 11.3 Å². The summed E-state index contributed by atoms with van der Waals surface area (Å²) < 4.78 is 10.9. The molecule has 1 saturated carbocycles. The number of carbonyl (C=O) groups excluding carboxylic acids is 1. The Hall–Kier alpha value is -2.30. The third-order valence-corrected chi connectivity index (χ3v) is 5.06. The van der Waals surface area contributed by atoms with Crippen LogP contribution in [0.4, 0.5) is 0 Å². The molecule has 1 aromatic heterocycles. The summed E-state index contributed by atoms with van der Waals surface area (Å²) >= 11 is 0. The van der Waals surface area contributed by atoms with Crippen molar-refractivity contribution in [3.63, 3.8) is 0 Å². The van der Waals surface area contributed by atoms with E-state index >= 15 is 0 Å². The number of likely N-dealkylation sites (N-methyl/N-ethyl adjacent to an activating group) is 1. The zero-order valence-corrected chi connectivity index (χ0v) is 14.9. The van der Waals surface area contributed by atoms with E-state index in [-0.39, 0.29) is 18.1 Å². The predicted molar refractivity (Wildman–Crippen MR) is 97.0 cm³/mol. The SMILES string of the molecule is CCc1cc(=O)oc2cc(OCC(=O)N(C)C3CCCCC3)ccc12. The number of hydrogen-bond acceptors (Lipinski definition) is 4. The van der Waals surface area contributed by atoms with Crippen molar-refractivity contribution in [1.29, 1.82) is 0 Å². The molecule has 5 nitrogen and oxygen atoms in total. The molecule has 0 N–H and O–H groups in total. The average Bonchev–Trinajstić information content (AvgIpc) is 2.65. The topological polar surface area (TPSA) is 59.8 Å². The Morgan fingerprint density at radius 3 is 2.72 bits per heavy atom. The molecule has 1 aliphatic carbocycles. The minimum atomic E-state index is -0.366. The van der Waals surface area contributed by atoms with Crippen molar-refractivity contribution < 1.29 is 13.9 Å². The van der Waals surface area contributed by atoms with Gasteiger partial charge in [-0.25, -0.2) is 4.79 Å². The van der Waals surface area contributed by atoms with Crippen LogP contribution in [0.25, 0.3) is 11.0 Å². The summed E-state index contributed by atoms with van der Waals surface area (Å²) in [6, 6.07) is 7.22. The Kier molecular flexibility index (Phi) is 5.41. The summed E-state index contributed by atoms with van der Waals surface area (Å²) in [5.74, 6) is 0.519. The van der Waals surface area contributed by atoms with Crippen molar-refractivity contribution in [3.8, 4) is 5.75 Å². The highest BCUT2D eigenvalue weighted by Crippen LogP contribution is 2.24. The second-order valence-corrected chi connectivity index (χ2v) is 6.69. The van der Waals surface area contributed by atoms with Crippen LogP contribution in [0.3, 0.4) is 0 Å². The van der Waals surface area contributed by atoms with E-state index in [0.717, 1.165) is 30.2 Å². The zero-order valence-electron chi connectivity index (χ0n) is 14.9. The summed E-state index contributed by atoms with van der Waals surface area (Å²) in [6.45, 7) is 1.99. The van der Waals surface area contributed by atoms with E-state index in [9.17, 15) is 9.59 Å². The van der Waals surface area contributed by atoms with E-state index in [1.165, 1.54) is 25.3 Å². The Balaban J connectivity index is 1.68. The quantitative estimate of drug-likeness (QED) is 0.779. The Bertz CT molecular complexity index is 805. The lowest BCUT2D eigenvalue weighted by Crippen LogP contribution is -2.40. The van der Waals surface area contributed by atoms with Gasteiger partial charge in [-0.2, -0.15) is 0 Å². The third kappa shape index (κ3) is 4.03.